The van der Waals surface area contributed by atoms with E-state index in [4.69, 9.17) is 10.3 Å². The largest absolute Gasteiger partial charge is 0.399 e. The van der Waals surface area contributed by atoms with E-state index in [1.807, 2.05) is 47.8 Å². The summed E-state index contributed by atoms with van der Waals surface area (Å²) in [5.74, 6) is 2.40. The van der Waals surface area contributed by atoms with Gasteiger partial charge in [0.15, 0.2) is 5.82 Å². The van der Waals surface area contributed by atoms with Crippen LogP contribution in [-0.2, 0) is 0 Å². The Labute approximate surface area is 126 Å². The lowest BCUT2D eigenvalue weighted by molar-refractivity contribution is 0.423. The van der Waals surface area contributed by atoms with Crippen molar-refractivity contribution in [3.63, 3.8) is 0 Å². The number of nitrogens with two attached hydrogens (primary N) is 1. The van der Waals surface area contributed by atoms with E-state index in [-0.39, 0.29) is 0 Å². The first-order chi connectivity index (χ1) is 9.63. The van der Waals surface area contributed by atoms with Gasteiger partial charge in [-0.2, -0.15) is 16.7 Å². The van der Waals surface area contributed by atoms with Crippen LogP contribution >= 0.6 is 23.5 Å². The molecule has 0 bridgehead atoms. The summed E-state index contributed by atoms with van der Waals surface area (Å²) in [6, 6.07) is 7.49. The minimum Gasteiger partial charge on any atom is -0.399 e. The summed E-state index contributed by atoms with van der Waals surface area (Å²) < 4.78 is 5.38. The number of benzene rings is 1. The Morgan fingerprint density at radius 1 is 1.20 bits per heavy atom. The molecular weight excluding hydrogens is 290 g/mol. The maximum Gasteiger partial charge on any atom is 0.257 e. The summed E-state index contributed by atoms with van der Waals surface area (Å²) in [6.45, 7) is 4.53. The molecule has 0 amide bonds. The van der Waals surface area contributed by atoms with E-state index in [2.05, 4.69) is 24.0 Å². The number of aromatic nitrogens is 2. The normalized spacial score (nSPS) is 26.6. The number of rotatable bonds is 2. The topological polar surface area (TPSA) is 64.9 Å². The molecule has 3 rings (SSSR count). The van der Waals surface area contributed by atoms with Crippen molar-refractivity contribution < 1.29 is 4.52 Å². The number of hydrogen-bond acceptors (Lipinski definition) is 6. The van der Waals surface area contributed by atoms with Crippen LogP contribution in [0.4, 0.5) is 5.69 Å². The first-order valence-corrected chi connectivity index (χ1v) is 8.59. The number of thioether (sulfide) groups is 2. The van der Waals surface area contributed by atoms with Gasteiger partial charge >= 0.3 is 0 Å². The van der Waals surface area contributed by atoms with Crippen molar-refractivity contribution in [2.45, 2.75) is 29.6 Å². The number of nitrogens with zero attached hydrogens (tertiary/aromatic N) is 2. The van der Waals surface area contributed by atoms with Gasteiger partial charge in [0.2, 0.25) is 0 Å². The average Bonchev–Trinajstić information content (AvgIpc) is 2.92. The Hall–Kier alpha value is -1.14. The van der Waals surface area contributed by atoms with E-state index in [1.54, 1.807) is 0 Å². The fourth-order valence-corrected chi connectivity index (χ4v) is 4.86. The van der Waals surface area contributed by atoms with Gasteiger partial charge in [-0.1, -0.05) is 19.0 Å². The summed E-state index contributed by atoms with van der Waals surface area (Å²) in [6.07, 6.45) is 0. The van der Waals surface area contributed by atoms with Gasteiger partial charge in [-0.3, -0.25) is 0 Å². The molecule has 1 aromatic heterocycles. The predicted molar refractivity (Wildman–Crippen MR) is 85.9 cm³/mol. The van der Waals surface area contributed by atoms with Crippen molar-refractivity contribution >= 4 is 29.2 Å². The molecule has 20 heavy (non-hydrogen) atoms. The zero-order valence-corrected chi connectivity index (χ0v) is 13.1. The van der Waals surface area contributed by atoms with Gasteiger partial charge in [0.1, 0.15) is 0 Å². The van der Waals surface area contributed by atoms with Crippen LogP contribution in [0, 0.1) is 0 Å². The fraction of sp³-hybridized carbons (Fsp3) is 0.429. The number of anilines is 1. The summed E-state index contributed by atoms with van der Waals surface area (Å²) >= 11 is 3.91. The molecule has 1 aliphatic heterocycles. The van der Waals surface area contributed by atoms with Gasteiger partial charge < -0.3 is 10.3 Å². The van der Waals surface area contributed by atoms with E-state index in [1.165, 1.54) is 0 Å². The highest BCUT2D eigenvalue weighted by Crippen LogP contribution is 2.43. The summed E-state index contributed by atoms with van der Waals surface area (Å²) in [5.41, 5.74) is 7.32. The molecular formula is C14H17N3OS2. The lowest BCUT2D eigenvalue weighted by Crippen LogP contribution is -2.22. The molecule has 4 nitrogen and oxygen atoms in total. The minimum absolute atomic E-state index is 0.317. The molecule has 3 unspecified atom stereocenters. The second-order valence-electron chi connectivity index (χ2n) is 4.95. The van der Waals surface area contributed by atoms with Crippen molar-refractivity contribution in [3.05, 3.63) is 30.1 Å². The number of nitrogen functional groups attached to an aromatic ring is 1. The van der Waals surface area contributed by atoms with Crippen molar-refractivity contribution in [2.75, 3.05) is 11.5 Å². The monoisotopic (exact) mass is 307 g/mol. The maximum atomic E-state index is 5.68. The highest BCUT2D eigenvalue weighted by atomic mass is 32.2. The van der Waals surface area contributed by atoms with Crippen molar-refractivity contribution in [1.29, 1.82) is 0 Å². The SMILES string of the molecule is CC1SCC(c2noc(-c3ccc(N)cc3)n2)SC1C. The van der Waals surface area contributed by atoms with E-state index in [0.29, 0.717) is 21.6 Å². The Bertz CT molecular complexity index is 584. The Kier molecular flexibility index (Phi) is 3.94. The third kappa shape index (κ3) is 2.81. The Morgan fingerprint density at radius 3 is 2.65 bits per heavy atom. The lowest BCUT2D eigenvalue weighted by Gasteiger charge is -2.29. The third-order valence-electron chi connectivity index (χ3n) is 3.44. The van der Waals surface area contributed by atoms with Crippen LogP contribution in [0.1, 0.15) is 24.9 Å². The molecule has 0 saturated carbocycles. The molecule has 106 valence electrons. The summed E-state index contributed by atoms with van der Waals surface area (Å²) in [7, 11) is 0. The molecule has 1 fully saturated rings. The van der Waals surface area contributed by atoms with Crippen molar-refractivity contribution in [1.82, 2.24) is 10.1 Å². The molecule has 6 heteroatoms. The quantitative estimate of drug-likeness (QED) is 0.855. The molecule has 2 N–H and O–H groups in total. The van der Waals surface area contributed by atoms with Crippen LogP contribution in [-0.4, -0.2) is 26.4 Å². The van der Waals surface area contributed by atoms with E-state index < -0.39 is 0 Å². The van der Waals surface area contributed by atoms with Crippen LogP contribution in [0.2, 0.25) is 0 Å². The summed E-state index contributed by atoms with van der Waals surface area (Å²) in [4.78, 5) is 4.54. The van der Waals surface area contributed by atoms with E-state index in [9.17, 15) is 0 Å². The van der Waals surface area contributed by atoms with Crippen LogP contribution < -0.4 is 5.73 Å². The second kappa shape index (κ2) is 5.69. The zero-order valence-electron chi connectivity index (χ0n) is 11.4. The highest BCUT2D eigenvalue weighted by Gasteiger charge is 2.29. The van der Waals surface area contributed by atoms with Gasteiger partial charge in [-0.15, -0.1) is 11.8 Å². The van der Waals surface area contributed by atoms with Gasteiger partial charge in [-0.05, 0) is 24.3 Å². The summed E-state index contributed by atoms with van der Waals surface area (Å²) in [5, 5.41) is 5.75. The Morgan fingerprint density at radius 2 is 1.95 bits per heavy atom. The van der Waals surface area contributed by atoms with Gasteiger partial charge in [0.05, 0.1) is 5.25 Å². The second-order valence-corrected chi connectivity index (χ2v) is 7.94. The lowest BCUT2D eigenvalue weighted by atomic mass is 10.2. The highest BCUT2D eigenvalue weighted by molar-refractivity contribution is 8.07. The van der Waals surface area contributed by atoms with E-state index in [0.717, 1.165) is 22.8 Å². The molecule has 0 aliphatic carbocycles. The van der Waals surface area contributed by atoms with Gasteiger partial charge in [0, 0.05) is 27.5 Å². The van der Waals surface area contributed by atoms with Gasteiger partial charge in [-0.25, -0.2) is 0 Å². The van der Waals surface area contributed by atoms with Gasteiger partial charge in [0.25, 0.3) is 5.89 Å². The first kappa shape index (κ1) is 13.8. The third-order valence-corrected chi connectivity index (χ3v) is 6.82. The smallest absolute Gasteiger partial charge is 0.257 e. The molecule has 1 aliphatic rings. The first-order valence-electron chi connectivity index (χ1n) is 6.60. The van der Waals surface area contributed by atoms with Crippen LogP contribution in [0.15, 0.2) is 28.8 Å². The zero-order chi connectivity index (χ0) is 14.1. The Balaban J connectivity index is 1.78. The average molecular weight is 307 g/mol. The standard InChI is InChI=1S/C14H17N3OS2/c1-8-9(2)20-12(7-19-8)13-16-14(18-17-13)10-3-5-11(15)6-4-10/h3-6,8-9,12H,7,15H2,1-2H3. The van der Waals surface area contributed by atoms with E-state index >= 15 is 0 Å². The molecule has 2 aromatic rings. The molecule has 2 heterocycles. The molecule has 0 radical (unpaired) electrons. The van der Waals surface area contributed by atoms with Crippen LogP contribution in [0.5, 0.6) is 0 Å². The molecule has 1 aromatic carbocycles. The minimum atomic E-state index is 0.317. The van der Waals surface area contributed by atoms with Crippen molar-refractivity contribution in [3.8, 4) is 11.5 Å². The predicted octanol–water partition coefficient (Wildman–Crippen LogP) is 3.62. The molecule has 1 saturated heterocycles. The number of hydrogen-bond donors (Lipinski definition) is 1. The maximum absolute atomic E-state index is 5.68. The van der Waals surface area contributed by atoms with Crippen LogP contribution in [0.3, 0.4) is 0 Å². The molecule has 3 atom stereocenters. The fourth-order valence-electron chi connectivity index (χ4n) is 2.03. The van der Waals surface area contributed by atoms with Crippen molar-refractivity contribution in [2.24, 2.45) is 0 Å². The molecule has 0 spiro atoms. The van der Waals surface area contributed by atoms with Crippen LogP contribution in [0.25, 0.3) is 11.5 Å².